The maximum absolute atomic E-state index is 11.2. The molecule has 0 unspecified atom stereocenters. The Bertz CT molecular complexity index is 740. The van der Waals surface area contributed by atoms with Crippen LogP contribution >= 0.6 is 11.3 Å². The van der Waals surface area contributed by atoms with Crippen molar-refractivity contribution in [2.75, 3.05) is 7.05 Å². The van der Waals surface area contributed by atoms with Gasteiger partial charge in [0.1, 0.15) is 5.01 Å². The van der Waals surface area contributed by atoms with Crippen LogP contribution in [0.1, 0.15) is 5.69 Å². The molecule has 0 atom stereocenters. The normalized spacial score (nSPS) is 11.2. The van der Waals surface area contributed by atoms with Gasteiger partial charge in [0, 0.05) is 17.5 Å². The van der Waals surface area contributed by atoms with Crippen LogP contribution < -0.4 is 11.0 Å². The third kappa shape index (κ3) is 1.96. The summed E-state index contributed by atoms with van der Waals surface area (Å²) < 4.78 is 0. The molecular weight excluding hydrogens is 248 g/mol. The molecular formula is C12H12N4OS. The number of nitrogens with one attached hydrogen (secondary N) is 3. The van der Waals surface area contributed by atoms with E-state index in [-0.39, 0.29) is 5.69 Å². The molecule has 2 aromatic heterocycles. The summed E-state index contributed by atoms with van der Waals surface area (Å²) >= 11 is 1.60. The van der Waals surface area contributed by atoms with E-state index in [1.54, 1.807) is 11.3 Å². The molecule has 3 N–H and O–H groups in total. The Labute approximate surface area is 107 Å². The Balaban J connectivity index is 2.04. The number of H-pyrrole nitrogens is 2. The first kappa shape index (κ1) is 11.2. The van der Waals surface area contributed by atoms with Gasteiger partial charge in [-0.1, -0.05) is 0 Å². The second kappa shape index (κ2) is 4.40. The van der Waals surface area contributed by atoms with Gasteiger partial charge in [0.25, 0.3) is 0 Å². The molecule has 0 radical (unpaired) electrons. The van der Waals surface area contributed by atoms with Gasteiger partial charge in [-0.25, -0.2) is 9.78 Å². The first-order chi connectivity index (χ1) is 8.76. The van der Waals surface area contributed by atoms with Crippen molar-refractivity contribution in [2.45, 2.75) is 6.54 Å². The minimum Gasteiger partial charge on any atom is -0.314 e. The smallest absolute Gasteiger partial charge is 0.314 e. The molecule has 0 aliphatic carbocycles. The molecule has 1 aromatic carbocycles. The molecule has 6 heteroatoms. The van der Waals surface area contributed by atoms with Crippen LogP contribution in [0.3, 0.4) is 0 Å². The lowest BCUT2D eigenvalue weighted by Gasteiger charge is -1.96. The highest BCUT2D eigenvalue weighted by Crippen LogP contribution is 2.25. The first-order valence-electron chi connectivity index (χ1n) is 5.57. The fourth-order valence-corrected chi connectivity index (χ4v) is 2.68. The zero-order chi connectivity index (χ0) is 12.5. The highest BCUT2D eigenvalue weighted by atomic mass is 32.1. The molecule has 0 saturated carbocycles. The van der Waals surface area contributed by atoms with E-state index in [1.165, 1.54) is 0 Å². The second-order valence-electron chi connectivity index (χ2n) is 4.01. The lowest BCUT2D eigenvalue weighted by atomic mass is 10.2. The molecule has 3 aromatic rings. The van der Waals surface area contributed by atoms with Gasteiger partial charge in [-0.3, -0.25) is 0 Å². The summed E-state index contributed by atoms with van der Waals surface area (Å²) in [6.07, 6.45) is 0. The van der Waals surface area contributed by atoms with E-state index in [9.17, 15) is 4.79 Å². The minimum atomic E-state index is -0.183. The summed E-state index contributed by atoms with van der Waals surface area (Å²) in [6.45, 7) is 0.764. The van der Waals surface area contributed by atoms with E-state index >= 15 is 0 Å². The van der Waals surface area contributed by atoms with Crippen molar-refractivity contribution in [3.63, 3.8) is 0 Å². The van der Waals surface area contributed by atoms with Crippen LogP contribution in [0, 0.1) is 0 Å². The van der Waals surface area contributed by atoms with E-state index in [0.717, 1.165) is 33.8 Å². The van der Waals surface area contributed by atoms with Crippen LogP contribution in [0.4, 0.5) is 0 Å². The summed E-state index contributed by atoms with van der Waals surface area (Å²) in [5.41, 5.74) is 3.49. The van der Waals surface area contributed by atoms with Gasteiger partial charge < -0.3 is 15.3 Å². The average molecular weight is 260 g/mol. The fraction of sp³-hybridized carbons (Fsp3) is 0.167. The van der Waals surface area contributed by atoms with Crippen LogP contribution in [-0.4, -0.2) is 22.0 Å². The maximum atomic E-state index is 11.2. The van der Waals surface area contributed by atoms with Gasteiger partial charge in [-0.2, -0.15) is 0 Å². The summed E-state index contributed by atoms with van der Waals surface area (Å²) in [7, 11) is 1.90. The number of fused-ring (bicyclic) bond motifs is 1. The molecule has 0 spiro atoms. The van der Waals surface area contributed by atoms with Gasteiger partial charge in [-0.05, 0) is 25.2 Å². The van der Waals surface area contributed by atoms with Crippen LogP contribution in [0.5, 0.6) is 0 Å². The number of hydrogen-bond donors (Lipinski definition) is 3. The van der Waals surface area contributed by atoms with Gasteiger partial charge in [0.2, 0.25) is 0 Å². The molecule has 92 valence electrons. The Hall–Kier alpha value is -1.92. The summed E-state index contributed by atoms with van der Waals surface area (Å²) in [4.78, 5) is 21.2. The van der Waals surface area contributed by atoms with Crippen LogP contribution in [0.25, 0.3) is 21.6 Å². The standard InChI is InChI=1S/C12H12N4OS/c1-13-5-8-6-18-11(14-8)7-2-3-9-10(4-7)16-12(17)15-9/h2-4,6,13H,5H2,1H3,(H2,15,16,17). The van der Waals surface area contributed by atoms with E-state index in [4.69, 9.17) is 0 Å². The molecule has 0 aliphatic heterocycles. The van der Waals surface area contributed by atoms with E-state index in [1.807, 2.05) is 30.6 Å². The highest BCUT2D eigenvalue weighted by Gasteiger charge is 2.06. The van der Waals surface area contributed by atoms with Gasteiger partial charge in [0.05, 0.1) is 16.7 Å². The zero-order valence-corrected chi connectivity index (χ0v) is 10.6. The van der Waals surface area contributed by atoms with E-state index in [2.05, 4.69) is 20.3 Å². The van der Waals surface area contributed by atoms with Crippen molar-refractivity contribution in [3.8, 4) is 10.6 Å². The predicted molar refractivity (Wildman–Crippen MR) is 72.8 cm³/mol. The van der Waals surface area contributed by atoms with Crippen molar-refractivity contribution in [2.24, 2.45) is 0 Å². The van der Waals surface area contributed by atoms with Crippen LogP contribution in [-0.2, 0) is 6.54 Å². The number of imidazole rings is 1. The van der Waals surface area contributed by atoms with Gasteiger partial charge in [0.15, 0.2) is 0 Å². The molecule has 0 amide bonds. The first-order valence-corrected chi connectivity index (χ1v) is 6.45. The summed E-state index contributed by atoms with van der Waals surface area (Å²) in [5, 5.41) is 6.07. The molecule has 3 rings (SSSR count). The number of thiazole rings is 1. The van der Waals surface area contributed by atoms with Crippen molar-refractivity contribution >= 4 is 22.4 Å². The lowest BCUT2D eigenvalue weighted by Crippen LogP contribution is -2.04. The summed E-state index contributed by atoms with van der Waals surface area (Å²) in [6, 6.07) is 5.80. The number of benzene rings is 1. The zero-order valence-electron chi connectivity index (χ0n) is 9.78. The Morgan fingerprint density at radius 1 is 1.33 bits per heavy atom. The molecule has 2 heterocycles. The Morgan fingerprint density at radius 3 is 3.00 bits per heavy atom. The fourth-order valence-electron chi connectivity index (χ4n) is 1.87. The largest absolute Gasteiger partial charge is 0.323 e. The average Bonchev–Trinajstić information content (AvgIpc) is 2.93. The maximum Gasteiger partial charge on any atom is 0.323 e. The highest BCUT2D eigenvalue weighted by molar-refractivity contribution is 7.13. The number of aromatic amines is 2. The predicted octanol–water partition coefficient (Wildman–Crippen LogP) is 1.70. The molecule has 5 nitrogen and oxygen atoms in total. The van der Waals surface area contributed by atoms with Crippen molar-refractivity contribution in [3.05, 3.63) is 39.8 Å². The van der Waals surface area contributed by atoms with E-state index in [0.29, 0.717) is 0 Å². The second-order valence-corrected chi connectivity index (χ2v) is 4.87. The molecule has 0 aliphatic rings. The molecule has 0 fully saturated rings. The number of hydrogen-bond acceptors (Lipinski definition) is 4. The topological polar surface area (TPSA) is 73.6 Å². The molecule has 0 saturated heterocycles. The molecule has 18 heavy (non-hydrogen) atoms. The SMILES string of the molecule is CNCc1csc(-c2ccc3[nH]c(=O)[nH]c3c2)n1. The van der Waals surface area contributed by atoms with Crippen LogP contribution in [0.2, 0.25) is 0 Å². The van der Waals surface area contributed by atoms with Gasteiger partial charge in [-0.15, -0.1) is 11.3 Å². The Kier molecular flexibility index (Phi) is 2.73. The van der Waals surface area contributed by atoms with Crippen molar-refractivity contribution < 1.29 is 0 Å². The number of nitrogens with zero attached hydrogens (tertiary/aromatic N) is 1. The summed E-state index contributed by atoms with van der Waals surface area (Å²) in [5.74, 6) is 0. The third-order valence-electron chi connectivity index (χ3n) is 2.67. The minimum absolute atomic E-state index is 0.183. The van der Waals surface area contributed by atoms with Crippen LogP contribution in [0.15, 0.2) is 28.4 Å². The Morgan fingerprint density at radius 2 is 2.17 bits per heavy atom. The lowest BCUT2D eigenvalue weighted by molar-refractivity contribution is 0.798. The van der Waals surface area contributed by atoms with E-state index < -0.39 is 0 Å². The van der Waals surface area contributed by atoms with Crippen molar-refractivity contribution in [1.29, 1.82) is 0 Å². The van der Waals surface area contributed by atoms with Gasteiger partial charge >= 0.3 is 5.69 Å². The monoisotopic (exact) mass is 260 g/mol. The third-order valence-corrected chi connectivity index (χ3v) is 3.61. The number of aromatic nitrogens is 3. The number of rotatable bonds is 3. The van der Waals surface area contributed by atoms with Crippen molar-refractivity contribution in [1.82, 2.24) is 20.3 Å². The molecule has 0 bridgehead atoms. The quantitative estimate of drug-likeness (QED) is 0.671.